The highest BCUT2D eigenvalue weighted by molar-refractivity contribution is 5.85. The van der Waals surface area contributed by atoms with Gasteiger partial charge in [0.15, 0.2) is 5.82 Å². The molecule has 0 radical (unpaired) electrons. The first-order valence-corrected chi connectivity index (χ1v) is 10.2. The predicted molar refractivity (Wildman–Crippen MR) is 125 cm³/mol. The van der Waals surface area contributed by atoms with Gasteiger partial charge >= 0.3 is 5.69 Å². The van der Waals surface area contributed by atoms with Gasteiger partial charge in [-0.15, -0.1) is 12.4 Å². The molecule has 1 fully saturated rings. The van der Waals surface area contributed by atoms with Crippen LogP contribution in [0.5, 0.6) is 0 Å². The van der Waals surface area contributed by atoms with Gasteiger partial charge in [0.25, 0.3) is 0 Å². The smallest absolute Gasteiger partial charge is 0.355 e. The second-order valence-electron chi connectivity index (χ2n) is 8.23. The Balaban J connectivity index is 0.00000231. The molecule has 162 valence electrons. The molecule has 1 N–H and O–H groups in total. The average Bonchev–Trinajstić information content (AvgIpc) is 3.09. The second kappa shape index (κ2) is 7.94. The highest BCUT2D eigenvalue weighted by Crippen LogP contribution is 2.23. The number of rotatable bonds is 2. The van der Waals surface area contributed by atoms with Crippen molar-refractivity contribution in [2.24, 2.45) is 0 Å². The van der Waals surface area contributed by atoms with Gasteiger partial charge in [0.1, 0.15) is 11.3 Å². The quantitative estimate of drug-likeness (QED) is 0.517. The first kappa shape index (κ1) is 21.3. The molecule has 0 bridgehead atoms. The minimum atomic E-state index is -0.317. The third kappa shape index (κ3) is 3.77. The Bertz CT molecular complexity index is 1340. The molecule has 0 unspecified atom stereocenters. The van der Waals surface area contributed by atoms with E-state index in [1.54, 1.807) is 4.40 Å². The molecule has 1 aliphatic heterocycles. The van der Waals surface area contributed by atoms with Crippen LogP contribution in [0.15, 0.2) is 35.5 Å². The van der Waals surface area contributed by atoms with Crippen molar-refractivity contribution in [3.63, 3.8) is 0 Å². The molecule has 0 saturated carbocycles. The van der Waals surface area contributed by atoms with Crippen LogP contribution in [0.2, 0.25) is 0 Å². The molecular weight excluding hydrogens is 414 g/mol. The largest absolute Gasteiger partial charge is 0.368 e. The first-order valence-electron chi connectivity index (χ1n) is 10.2. The number of pyridine rings is 2. The molecule has 1 saturated heterocycles. The fraction of sp³-hybridized carbons (Fsp3) is 0.364. The van der Waals surface area contributed by atoms with Crippen molar-refractivity contribution in [2.45, 2.75) is 33.7 Å². The average molecular weight is 440 g/mol. The lowest BCUT2D eigenvalue weighted by molar-refractivity contribution is 0.484. The summed E-state index contributed by atoms with van der Waals surface area (Å²) in [6.45, 7) is 10.9. The van der Waals surface area contributed by atoms with Crippen molar-refractivity contribution in [3.05, 3.63) is 58.0 Å². The standard InChI is InChI=1S/C22H25N7O.ClH/c1-13-7-17(11-28-10-16(4)24-20(13)28)19-25-21-14(2)8-18(12-29(21)22(30)26-19)27-6-5-23-15(3)9-27;/h7-8,10-12,15,23H,5-6,9H2,1-4H3;1H/t15-;/m0./s1. The van der Waals surface area contributed by atoms with Gasteiger partial charge in [-0.3, -0.25) is 0 Å². The summed E-state index contributed by atoms with van der Waals surface area (Å²) >= 11 is 0. The molecule has 0 aliphatic carbocycles. The Hall–Kier alpha value is -2.97. The van der Waals surface area contributed by atoms with E-state index in [4.69, 9.17) is 4.98 Å². The third-order valence-electron chi connectivity index (χ3n) is 5.67. The second-order valence-corrected chi connectivity index (χ2v) is 8.23. The maximum absolute atomic E-state index is 12.9. The molecular formula is C22H26ClN7O. The van der Waals surface area contributed by atoms with Gasteiger partial charge in [-0.2, -0.15) is 4.98 Å². The van der Waals surface area contributed by atoms with E-state index in [0.29, 0.717) is 17.5 Å². The van der Waals surface area contributed by atoms with Crippen LogP contribution in [-0.2, 0) is 0 Å². The number of halogens is 1. The SMILES string of the molecule is Cc1cn2cc(-c3nc(=O)n4cc(N5CCN[C@@H](C)C5)cc(C)c4n3)cc(C)c2n1.Cl. The van der Waals surface area contributed by atoms with E-state index in [0.717, 1.165) is 53.4 Å². The summed E-state index contributed by atoms with van der Waals surface area (Å²) in [4.78, 5) is 28.8. The molecule has 8 nitrogen and oxygen atoms in total. The van der Waals surface area contributed by atoms with Gasteiger partial charge in [0.2, 0.25) is 0 Å². The number of hydrogen-bond donors (Lipinski definition) is 1. The van der Waals surface area contributed by atoms with Crippen LogP contribution in [-0.4, -0.2) is 49.4 Å². The number of hydrogen-bond acceptors (Lipinski definition) is 6. The van der Waals surface area contributed by atoms with Crippen molar-refractivity contribution >= 4 is 29.4 Å². The lowest BCUT2D eigenvalue weighted by atomic mass is 10.2. The van der Waals surface area contributed by atoms with Gasteiger partial charge in [0.05, 0.1) is 11.4 Å². The zero-order chi connectivity index (χ0) is 21.0. The van der Waals surface area contributed by atoms with Gasteiger partial charge < -0.3 is 14.6 Å². The number of aromatic nitrogens is 5. The molecule has 1 aliphatic rings. The fourth-order valence-electron chi connectivity index (χ4n) is 4.25. The van der Waals surface area contributed by atoms with Gasteiger partial charge in [-0.25, -0.2) is 19.2 Å². The van der Waals surface area contributed by atoms with Crippen molar-refractivity contribution in [2.75, 3.05) is 24.5 Å². The number of nitrogens with one attached hydrogen (secondary N) is 1. The molecule has 4 aromatic heterocycles. The summed E-state index contributed by atoms with van der Waals surface area (Å²) in [7, 11) is 0. The zero-order valence-corrected chi connectivity index (χ0v) is 18.9. The number of anilines is 1. The van der Waals surface area contributed by atoms with Crippen molar-refractivity contribution < 1.29 is 0 Å². The number of nitrogens with zero attached hydrogens (tertiary/aromatic N) is 6. The molecule has 5 rings (SSSR count). The van der Waals surface area contributed by atoms with Gasteiger partial charge in [-0.05, 0) is 51.0 Å². The Morgan fingerprint density at radius 3 is 2.55 bits per heavy atom. The summed E-state index contributed by atoms with van der Waals surface area (Å²) in [5.74, 6) is 0.433. The summed E-state index contributed by atoms with van der Waals surface area (Å²) < 4.78 is 3.53. The zero-order valence-electron chi connectivity index (χ0n) is 18.1. The molecule has 4 aromatic rings. The summed E-state index contributed by atoms with van der Waals surface area (Å²) in [6.07, 6.45) is 5.76. The minimum absolute atomic E-state index is 0. The van der Waals surface area contributed by atoms with E-state index in [1.807, 2.05) is 49.8 Å². The van der Waals surface area contributed by atoms with E-state index in [9.17, 15) is 4.79 Å². The van der Waals surface area contributed by atoms with Crippen LogP contribution in [0.1, 0.15) is 23.7 Å². The number of piperazine rings is 1. The summed E-state index contributed by atoms with van der Waals surface area (Å²) in [6, 6.07) is 4.51. The van der Waals surface area contributed by atoms with Crippen molar-refractivity contribution in [3.8, 4) is 11.4 Å². The van der Waals surface area contributed by atoms with E-state index in [1.165, 1.54) is 0 Å². The van der Waals surface area contributed by atoms with Crippen molar-refractivity contribution in [1.82, 2.24) is 29.1 Å². The third-order valence-corrected chi connectivity index (χ3v) is 5.67. The number of aryl methyl sites for hydroxylation is 3. The summed E-state index contributed by atoms with van der Waals surface area (Å²) in [5, 5.41) is 3.45. The Kier molecular flexibility index (Phi) is 5.45. The van der Waals surface area contributed by atoms with Crippen molar-refractivity contribution in [1.29, 1.82) is 0 Å². The highest BCUT2D eigenvalue weighted by Gasteiger charge is 2.18. The maximum atomic E-state index is 12.9. The predicted octanol–water partition coefficient (Wildman–Crippen LogP) is 2.55. The lowest BCUT2D eigenvalue weighted by Crippen LogP contribution is -2.49. The summed E-state index contributed by atoms with van der Waals surface area (Å²) in [5.41, 5.74) is 5.97. The monoisotopic (exact) mass is 439 g/mol. The fourth-order valence-corrected chi connectivity index (χ4v) is 4.25. The van der Waals surface area contributed by atoms with E-state index >= 15 is 0 Å². The number of fused-ring (bicyclic) bond motifs is 2. The molecule has 0 spiro atoms. The van der Waals surface area contributed by atoms with Crippen LogP contribution < -0.4 is 15.9 Å². The Morgan fingerprint density at radius 2 is 1.77 bits per heavy atom. The first-order chi connectivity index (χ1) is 14.4. The minimum Gasteiger partial charge on any atom is -0.368 e. The highest BCUT2D eigenvalue weighted by atomic mass is 35.5. The van der Waals surface area contributed by atoms with Gasteiger partial charge in [0, 0.05) is 49.8 Å². The molecule has 9 heteroatoms. The molecule has 5 heterocycles. The van der Waals surface area contributed by atoms with Crippen LogP contribution >= 0.6 is 12.4 Å². The van der Waals surface area contributed by atoms with Crippen LogP contribution in [0.3, 0.4) is 0 Å². The van der Waals surface area contributed by atoms with E-state index in [2.05, 4.69) is 33.2 Å². The Morgan fingerprint density at radius 1 is 1.00 bits per heavy atom. The van der Waals surface area contributed by atoms with Crippen LogP contribution in [0.25, 0.3) is 22.7 Å². The lowest BCUT2D eigenvalue weighted by Gasteiger charge is -2.33. The van der Waals surface area contributed by atoms with Crippen LogP contribution in [0, 0.1) is 20.8 Å². The maximum Gasteiger partial charge on any atom is 0.355 e. The molecule has 31 heavy (non-hydrogen) atoms. The molecule has 0 aromatic carbocycles. The topological polar surface area (TPSA) is 79.8 Å². The molecule has 1 atom stereocenters. The number of imidazole rings is 1. The normalized spacial score (nSPS) is 16.6. The van der Waals surface area contributed by atoms with E-state index < -0.39 is 0 Å². The Labute approximate surface area is 186 Å². The molecule has 0 amide bonds. The van der Waals surface area contributed by atoms with Crippen LogP contribution in [0.4, 0.5) is 5.69 Å². The van der Waals surface area contributed by atoms with E-state index in [-0.39, 0.29) is 18.1 Å². The van der Waals surface area contributed by atoms with Gasteiger partial charge in [-0.1, -0.05) is 0 Å².